The molecule has 3 rings (SSSR count). The number of benzene rings is 3. The van der Waals surface area contributed by atoms with Crippen molar-refractivity contribution in [3.05, 3.63) is 94.3 Å². The van der Waals surface area contributed by atoms with Crippen molar-refractivity contribution in [2.45, 2.75) is 43.4 Å². The number of sulfonamides is 1. The van der Waals surface area contributed by atoms with Crippen molar-refractivity contribution >= 4 is 19.9 Å². The van der Waals surface area contributed by atoms with E-state index in [0.717, 1.165) is 11.1 Å². The van der Waals surface area contributed by atoms with Crippen molar-refractivity contribution in [2.75, 3.05) is 12.3 Å². The molecule has 1 atom stereocenters. The van der Waals surface area contributed by atoms with E-state index in [-0.39, 0.29) is 22.1 Å². The molecule has 0 bridgehead atoms. The maximum Gasteiger partial charge on any atom is 0.241 e. The molecule has 0 amide bonds. The van der Waals surface area contributed by atoms with E-state index in [1.807, 2.05) is 13.8 Å². The fourth-order valence-corrected chi connectivity index (χ4v) is 7.10. The predicted octanol–water partition coefficient (Wildman–Crippen LogP) is 4.60. The molecule has 0 aromatic heterocycles. The van der Waals surface area contributed by atoms with Gasteiger partial charge >= 0.3 is 0 Å². The Balaban J connectivity index is 1.92. The van der Waals surface area contributed by atoms with Crippen molar-refractivity contribution in [1.82, 2.24) is 4.72 Å². The van der Waals surface area contributed by atoms with Gasteiger partial charge in [-0.1, -0.05) is 47.5 Å². The zero-order valence-corrected chi connectivity index (χ0v) is 20.7. The average Bonchev–Trinajstić information content (AvgIpc) is 2.71. The molecule has 0 aliphatic heterocycles. The van der Waals surface area contributed by atoms with Crippen LogP contribution in [0.1, 0.15) is 33.7 Å². The summed E-state index contributed by atoms with van der Waals surface area (Å²) in [7, 11) is -7.61. The Bertz CT molecular complexity index is 1330. The van der Waals surface area contributed by atoms with Gasteiger partial charge in [0.15, 0.2) is 9.84 Å². The van der Waals surface area contributed by atoms with Crippen LogP contribution >= 0.6 is 0 Å². The molecule has 1 N–H and O–H groups in total. The van der Waals surface area contributed by atoms with E-state index in [1.165, 1.54) is 36.4 Å². The summed E-state index contributed by atoms with van der Waals surface area (Å²) in [6, 6.07) is 15.5. The summed E-state index contributed by atoms with van der Waals surface area (Å²) in [5.74, 6) is -1.49. The minimum Gasteiger partial charge on any atom is -0.224 e. The normalized spacial score (nSPS) is 13.1. The highest BCUT2D eigenvalue weighted by molar-refractivity contribution is 7.91. The number of sulfone groups is 1. The van der Waals surface area contributed by atoms with Crippen molar-refractivity contribution in [3.8, 4) is 0 Å². The molecule has 5 nitrogen and oxygen atoms in total. The van der Waals surface area contributed by atoms with Crippen LogP contribution in [0.15, 0.2) is 70.5 Å². The first kappa shape index (κ1) is 25.1. The number of rotatable bonds is 8. The summed E-state index contributed by atoms with van der Waals surface area (Å²) in [6.07, 6.45) is 0. The molecule has 33 heavy (non-hydrogen) atoms. The molecule has 8 heteroatoms. The molecule has 0 saturated heterocycles. The molecule has 3 aromatic carbocycles. The molecule has 176 valence electrons. The zero-order chi connectivity index (χ0) is 24.4. The number of halogens is 1. The Morgan fingerprint density at radius 1 is 0.788 bits per heavy atom. The van der Waals surface area contributed by atoms with E-state index in [9.17, 15) is 21.2 Å². The van der Waals surface area contributed by atoms with Gasteiger partial charge < -0.3 is 0 Å². The summed E-state index contributed by atoms with van der Waals surface area (Å²) in [5, 5.41) is 0. The molecule has 0 saturated carbocycles. The van der Waals surface area contributed by atoms with Gasteiger partial charge in [-0.05, 0) is 68.7 Å². The summed E-state index contributed by atoms with van der Waals surface area (Å²) < 4.78 is 68.5. The highest BCUT2D eigenvalue weighted by atomic mass is 32.2. The van der Waals surface area contributed by atoms with Gasteiger partial charge in [0.2, 0.25) is 10.0 Å². The Morgan fingerprint density at radius 2 is 1.33 bits per heavy atom. The van der Waals surface area contributed by atoms with Gasteiger partial charge in [-0.3, -0.25) is 0 Å². The molecule has 0 aliphatic carbocycles. The van der Waals surface area contributed by atoms with Gasteiger partial charge in [0, 0.05) is 12.5 Å². The van der Waals surface area contributed by atoms with Crippen molar-refractivity contribution in [1.29, 1.82) is 0 Å². The van der Waals surface area contributed by atoms with Gasteiger partial charge in [0.05, 0.1) is 15.5 Å². The predicted molar refractivity (Wildman–Crippen MR) is 128 cm³/mol. The van der Waals surface area contributed by atoms with Gasteiger partial charge in [0.25, 0.3) is 0 Å². The van der Waals surface area contributed by atoms with E-state index >= 15 is 0 Å². The molecular weight excluding hydrogens is 461 g/mol. The molecule has 0 radical (unpaired) electrons. The summed E-state index contributed by atoms with van der Waals surface area (Å²) in [5.41, 5.74) is 3.65. The van der Waals surface area contributed by atoms with E-state index in [1.54, 1.807) is 38.1 Å². The minimum atomic E-state index is -3.89. The molecule has 1 unspecified atom stereocenters. The van der Waals surface area contributed by atoms with E-state index in [4.69, 9.17) is 0 Å². The second-order valence-corrected chi connectivity index (χ2v) is 12.2. The highest BCUT2D eigenvalue weighted by Gasteiger charge is 2.26. The van der Waals surface area contributed by atoms with Gasteiger partial charge in [-0.15, -0.1) is 0 Å². The van der Waals surface area contributed by atoms with Crippen molar-refractivity contribution in [2.24, 2.45) is 0 Å². The fourth-order valence-electron chi connectivity index (χ4n) is 3.99. The Kier molecular flexibility index (Phi) is 7.41. The first-order valence-electron chi connectivity index (χ1n) is 10.5. The molecular formula is C25H28FNO4S2. The molecule has 0 aliphatic rings. The van der Waals surface area contributed by atoms with Crippen LogP contribution < -0.4 is 4.72 Å². The third-order valence-corrected chi connectivity index (χ3v) is 9.09. The first-order valence-corrected chi connectivity index (χ1v) is 13.6. The van der Waals surface area contributed by atoms with Crippen LogP contribution in [0.3, 0.4) is 0 Å². The quantitative estimate of drug-likeness (QED) is 0.502. The lowest BCUT2D eigenvalue weighted by Crippen LogP contribution is -2.32. The van der Waals surface area contributed by atoms with Crippen LogP contribution in [0, 0.1) is 33.5 Å². The maximum absolute atomic E-state index is 13.5. The average molecular weight is 490 g/mol. The SMILES string of the molecule is Cc1ccc(S(=O)(=O)CC(CNS(=O)(=O)c2c(C)cc(C)cc2C)c2ccc(F)cc2)cc1. The lowest BCUT2D eigenvalue weighted by Gasteiger charge is -2.20. The molecule has 3 aromatic rings. The number of aryl methyl sites for hydroxylation is 4. The lowest BCUT2D eigenvalue weighted by atomic mass is 10.0. The second kappa shape index (κ2) is 9.75. The second-order valence-electron chi connectivity index (χ2n) is 8.42. The van der Waals surface area contributed by atoms with Crippen molar-refractivity contribution < 1.29 is 21.2 Å². The summed E-state index contributed by atoms with van der Waals surface area (Å²) >= 11 is 0. The van der Waals surface area contributed by atoms with Crippen LogP contribution in [0.5, 0.6) is 0 Å². The van der Waals surface area contributed by atoms with E-state index in [0.29, 0.717) is 16.7 Å². The number of nitrogens with one attached hydrogen (secondary N) is 1. The van der Waals surface area contributed by atoms with Crippen LogP contribution in [0.4, 0.5) is 4.39 Å². The van der Waals surface area contributed by atoms with Gasteiger partial charge in [0.1, 0.15) is 5.82 Å². The van der Waals surface area contributed by atoms with Crippen molar-refractivity contribution in [3.63, 3.8) is 0 Å². The summed E-state index contributed by atoms with van der Waals surface area (Å²) in [4.78, 5) is 0.348. The number of hydrogen-bond acceptors (Lipinski definition) is 4. The fraction of sp³-hybridized carbons (Fsp3) is 0.280. The Hall–Kier alpha value is -2.55. The standard InChI is InChI=1S/C25H28FNO4S2/c1-17-5-11-24(12-6-17)32(28,29)16-22(21-7-9-23(26)10-8-21)15-27-33(30,31)25-19(3)13-18(2)14-20(25)4/h5-14,22,27H,15-16H2,1-4H3. The van der Waals surface area contributed by atoms with Crippen LogP contribution in [0.25, 0.3) is 0 Å². The first-order chi connectivity index (χ1) is 15.4. The van der Waals surface area contributed by atoms with Gasteiger partial charge in [-0.25, -0.2) is 25.9 Å². The lowest BCUT2D eigenvalue weighted by molar-refractivity contribution is 0.565. The topological polar surface area (TPSA) is 80.3 Å². The number of hydrogen-bond donors (Lipinski definition) is 1. The van der Waals surface area contributed by atoms with Crippen LogP contribution in [0.2, 0.25) is 0 Å². The van der Waals surface area contributed by atoms with Crippen LogP contribution in [-0.2, 0) is 19.9 Å². The molecule has 0 heterocycles. The monoisotopic (exact) mass is 489 g/mol. The summed E-state index contributed by atoms with van der Waals surface area (Å²) in [6.45, 7) is 7.07. The zero-order valence-electron chi connectivity index (χ0n) is 19.1. The Labute approximate surface area is 195 Å². The van der Waals surface area contributed by atoms with Crippen LogP contribution in [-0.4, -0.2) is 29.1 Å². The van der Waals surface area contributed by atoms with Gasteiger partial charge in [-0.2, -0.15) is 0 Å². The molecule has 0 spiro atoms. The maximum atomic E-state index is 13.5. The van der Waals surface area contributed by atoms with E-state index < -0.39 is 31.6 Å². The minimum absolute atomic E-state index is 0.147. The Morgan fingerprint density at radius 3 is 1.88 bits per heavy atom. The molecule has 0 fully saturated rings. The third kappa shape index (κ3) is 6.07. The van der Waals surface area contributed by atoms with E-state index in [2.05, 4.69) is 4.72 Å². The third-order valence-electron chi connectivity index (χ3n) is 5.54. The smallest absolute Gasteiger partial charge is 0.224 e. The largest absolute Gasteiger partial charge is 0.241 e. The highest BCUT2D eigenvalue weighted by Crippen LogP contribution is 2.25.